The normalized spacial score (nSPS) is 14.3. The molecule has 29 heavy (non-hydrogen) atoms. The van der Waals surface area contributed by atoms with Crippen LogP contribution in [0, 0.1) is 10.1 Å². The highest BCUT2D eigenvalue weighted by atomic mass is 16.6. The fourth-order valence-corrected chi connectivity index (χ4v) is 3.60. The van der Waals surface area contributed by atoms with E-state index in [9.17, 15) is 10.1 Å². The third-order valence-electron chi connectivity index (χ3n) is 5.04. The molecule has 2 N–H and O–H groups in total. The van der Waals surface area contributed by atoms with Crippen molar-refractivity contribution in [2.75, 3.05) is 10.6 Å². The minimum Gasteiger partial charge on any atom is -0.367 e. The van der Waals surface area contributed by atoms with Gasteiger partial charge in [-0.2, -0.15) is 0 Å². The van der Waals surface area contributed by atoms with Crippen molar-refractivity contribution in [1.82, 2.24) is 9.97 Å². The maximum Gasteiger partial charge on any atom is 0.271 e. The van der Waals surface area contributed by atoms with Gasteiger partial charge in [-0.3, -0.25) is 10.1 Å². The Morgan fingerprint density at radius 1 is 0.897 bits per heavy atom. The Labute approximate surface area is 169 Å². The van der Waals surface area contributed by atoms with E-state index in [1.165, 1.54) is 31.4 Å². The SMILES string of the molecule is O=[N+]([O-])c1cccc(Nc2cc(NC3CCCCC3)nc(-c3ccccc3)n2)c1. The first kappa shape index (κ1) is 18.9. The molecule has 0 radical (unpaired) electrons. The number of nitro benzene ring substituents is 1. The van der Waals surface area contributed by atoms with Crippen LogP contribution in [0.1, 0.15) is 32.1 Å². The number of aromatic nitrogens is 2. The second kappa shape index (κ2) is 8.68. The van der Waals surface area contributed by atoms with E-state index in [1.54, 1.807) is 12.1 Å². The summed E-state index contributed by atoms with van der Waals surface area (Å²) < 4.78 is 0. The molecule has 1 heterocycles. The predicted octanol–water partition coefficient (Wildman–Crippen LogP) is 5.54. The highest BCUT2D eigenvalue weighted by molar-refractivity contribution is 5.66. The van der Waals surface area contributed by atoms with Crippen LogP contribution in [0.25, 0.3) is 11.4 Å². The molecule has 0 saturated heterocycles. The van der Waals surface area contributed by atoms with Gasteiger partial charge in [0.1, 0.15) is 11.6 Å². The van der Waals surface area contributed by atoms with Crippen LogP contribution in [0.5, 0.6) is 0 Å². The first-order valence-corrected chi connectivity index (χ1v) is 9.90. The van der Waals surface area contributed by atoms with E-state index in [4.69, 9.17) is 4.98 Å². The van der Waals surface area contributed by atoms with E-state index in [-0.39, 0.29) is 5.69 Å². The lowest BCUT2D eigenvalue weighted by molar-refractivity contribution is -0.384. The lowest BCUT2D eigenvalue weighted by Gasteiger charge is -2.23. The fourth-order valence-electron chi connectivity index (χ4n) is 3.60. The summed E-state index contributed by atoms with van der Waals surface area (Å²) in [7, 11) is 0. The monoisotopic (exact) mass is 389 g/mol. The molecule has 0 aliphatic heterocycles. The molecule has 0 atom stereocenters. The van der Waals surface area contributed by atoms with Crippen LogP contribution in [0.4, 0.5) is 23.0 Å². The number of rotatable bonds is 6. The molecule has 1 fully saturated rings. The Bertz CT molecular complexity index is 988. The van der Waals surface area contributed by atoms with Crippen molar-refractivity contribution in [1.29, 1.82) is 0 Å². The van der Waals surface area contributed by atoms with Gasteiger partial charge < -0.3 is 10.6 Å². The van der Waals surface area contributed by atoms with E-state index in [0.717, 1.165) is 24.2 Å². The minimum absolute atomic E-state index is 0.0351. The summed E-state index contributed by atoms with van der Waals surface area (Å²) >= 11 is 0. The van der Waals surface area contributed by atoms with Gasteiger partial charge in [-0.25, -0.2) is 9.97 Å². The largest absolute Gasteiger partial charge is 0.367 e. The first-order chi connectivity index (χ1) is 14.2. The van der Waals surface area contributed by atoms with Gasteiger partial charge in [-0.1, -0.05) is 55.7 Å². The van der Waals surface area contributed by atoms with Gasteiger partial charge >= 0.3 is 0 Å². The average Bonchev–Trinajstić information content (AvgIpc) is 2.75. The number of non-ortho nitro benzene ring substituents is 1. The Balaban J connectivity index is 1.65. The molecular weight excluding hydrogens is 366 g/mol. The zero-order valence-electron chi connectivity index (χ0n) is 16.0. The van der Waals surface area contributed by atoms with Gasteiger partial charge in [-0.05, 0) is 18.9 Å². The quantitative estimate of drug-likeness (QED) is 0.425. The molecule has 2 aromatic carbocycles. The molecular formula is C22H23N5O2. The molecule has 1 aromatic heterocycles. The maximum atomic E-state index is 11.1. The van der Waals surface area contributed by atoms with E-state index in [1.807, 2.05) is 36.4 Å². The molecule has 1 aliphatic carbocycles. The summed E-state index contributed by atoms with van der Waals surface area (Å²) in [6.45, 7) is 0. The smallest absolute Gasteiger partial charge is 0.271 e. The molecule has 0 spiro atoms. The highest BCUT2D eigenvalue weighted by Crippen LogP contribution is 2.27. The maximum absolute atomic E-state index is 11.1. The van der Waals surface area contributed by atoms with Crippen molar-refractivity contribution in [3.05, 3.63) is 70.8 Å². The van der Waals surface area contributed by atoms with Crippen LogP contribution >= 0.6 is 0 Å². The number of anilines is 3. The minimum atomic E-state index is -0.406. The zero-order valence-corrected chi connectivity index (χ0v) is 16.0. The van der Waals surface area contributed by atoms with E-state index in [0.29, 0.717) is 23.4 Å². The molecule has 7 heteroatoms. The fraction of sp³-hybridized carbons (Fsp3) is 0.273. The Hall–Kier alpha value is -3.48. The zero-order chi connectivity index (χ0) is 20.1. The number of nitro groups is 1. The van der Waals surface area contributed by atoms with Crippen LogP contribution < -0.4 is 10.6 Å². The topological polar surface area (TPSA) is 93.0 Å². The van der Waals surface area contributed by atoms with E-state index < -0.39 is 4.92 Å². The van der Waals surface area contributed by atoms with Crippen molar-refractivity contribution >= 4 is 23.0 Å². The number of hydrogen-bond donors (Lipinski definition) is 2. The predicted molar refractivity (Wildman–Crippen MR) is 114 cm³/mol. The second-order valence-electron chi connectivity index (χ2n) is 7.24. The van der Waals surface area contributed by atoms with Gasteiger partial charge in [0.05, 0.1) is 4.92 Å². The molecule has 0 amide bonds. The van der Waals surface area contributed by atoms with Crippen molar-refractivity contribution in [3.63, 3.8) is 0 Å². The Morgan fingerprint density at radius 2 is 1.66 bits per heavy atom. The average molecular weight is 389 g/mol. The number of nitrogens with zero attached hydrogens (tertiary/aromatic N) is 3. The summed E-state index contributed by atoms with van der Waals surface area (Å²) in [6, 6.07) is 18.5. The van der Waals surface area contributed by atoms with Gasteiger partial charge in [0.25, 0.3) is 5.69 Å². The van der Waals surface area contributed by atoms with Gasteiger partial charge in [0, 0.05) is 35.5 Å². The lowest BCUT2D eigenvalue weighted by atomic mass is 9.95. The van der Waals surface area contributed by atoms with Crippen molar-refractivity contribution in [2.45, 2.75) is 38.1 Å². The van der Waals surface area contributed by atoms with Crippen LogP contribution in [0.2, 0.25) is 0 Å². The van der Waals surface area contributed by atoms with Gasteiger partial charge in [-0.15, -0.1) is 0 Å². The second-order valence-corrected chi connectivity index (χ2v) is 7.24. The summed E-state index contributed by atoms with van der Waals surface area (Å²) in [5.41, 5.74) is 1.57. The van der Waals surface area contributed by atoms with Crippen LogP contribution in [0.15, 0.2) is 60.7 Å². The Morgan fingerprint density at radius 3 is 2.41 bits per heavy atom. The number of hydrogen-bond acceptors (Lipinski definition) is 6. The molecule has 1 saturated carbocycles. The van der Waals surface area contributed by atoms with Crippen molar-refractivity contribution < 1.29 is 4.92 Å². The number of benzene rings is 2. The van der Waals surface area contributed by atoms with Crippen LogP contribution in [-0.2, 0) is 0 Å². The molecule has 7 nitrogen and oxygen atoms in total. The summed E-state index contributed by atoms with van der Waals surface area (Å²) in [6.07, 6.45) is 6.02. The molecule has 0 unspecified atom stereocenters. The van der Waals surface area contributed by atoms with Crippen LogP contribution in [0.3, 0.4) is 0 Å². The molecule has 3 aromatic rings. The molecule has 0 bridgehead atoms. The molecule has 1 aliphatic rings. The summed E-state index contributed by atoms with van der Waals surface area (Å²) in [5, 5.41) is 17.8. The van der Waals surface area contributed by atoms with Crippen molar-refractivity contribution in [2.24, 2.45) is 0 Å². The third-order valence-corrected chi connectivity index (χ3v) is 5.04. The standard InChI is InChI=1S/C22H23N5O2/c28-27(29)19-13-7-12-18(14-19)24-21-15-20(23-17-10-5-2-6-11-17)25-22(26-21)16-8-3-1-4-9-16/h1,3-4,7-9,12-15,17H,2,5-6,10-11H2,(H2,23,24,25,26). The summed E-state index contributed by atoms with van der Waals surface area (Å²) in [4.78, 5) is 20.0. The Kier molecular flexibility index (Phi) is 5.65. The van der Waals surface area contributed by atoms with E-state index >= 15 is 0 Å². The highest BCUT2D eigenvalue weighted by Gasteiger charge is 2.15. The first-order valence-electron chi connectivity index (χ1n) is 9.90. The van der Waals surface area contributed by atoms with Gasteiger partial charge in [0.15, 0.2) is 5.82 Å². The summed E-state index contributed by atoms with van der Waals surface area (Å²) in [5.74, 6) is 1.97. The van der Waals surface area contributed by atoms with E-state index in [2.05, 4.69) is 15.6 Å². The van der Waals surface area contributed by atoms with Gasteiger partial charge in [0.2, 0.25) is 0 Å². The third kappa shape index (κ3) is 4.87. The van der Waals surface area contributed by atoms with Crippen molar-refractivity contribution in [3.8, 4) is 11.4 Å². The number of nitrogens with one attached hydrogen (secondary N) is 2. The van der Waals surface area contributed by atoms with Crippen LogP contribution in [-0.4, -0.2) is 20.9 Å². The lowest BCUT2D eigenvalue weighted by Crippen LogP contribution is -2.23. The molecule has 148 valence electrons. The molecule has 4 rings (SSSR count).